The fourth-order valence-electron chi connectivity index (χ4n) is 1.44. The van der Waals surface area contributed by atoms with Crippen molar-refractivity contribution in [3.8, 4) is 0 Å². The van der Waals surface area contributed by atoms with Gasteiger partial charge in [-0.05, 0) is 25.5 Å². The van der Waals surface area contributed by atoms with Gasteiger partial charge in [0.1, 0.15) is 5.76 Å². The molecule has 2 heterocycles. The minimum atomic E-state index is 0.161. The van der Waals surface area contributed by atoms with Crippen LogP contribution in [-0.2, 0) is 0 Å². The Hall–Kier alpha value is -1.45. The van der Waals surface area contributed by atoms with E-state index in [0.717, 1.165) is 31.2 Å². The lowest BCUT2D eigenvalue weighted by Crippen LogP contribution is -2.41. The van der Waals surface area contributed by atoms with E-state index >= 15 is 0 Å². The van der Waals surface area contributed by atoms with Gasteiger partial charge >= 0.3 is 0 Å². The summed E-state index contributed by atoms with van der Waals surface area (Å²) in [5.41, 5.74) is 0. The van der Waals surface area contributed by atoms with Crippen molar-refractivity contribution < 1.29 is 4.42 Å². The number of guanidine groups is 1. The molecule has 0 radical (unpaired) electrons. The lowest BCUT2D eigenvalue weighted by molar-refractivity contribution is 0.459. The lowest BCUT2D eigenvalue weighted by atomic mass is 10.2. The van der Waals surface area contributed by atoms with Crippen molar-refractivity contribution in [2.24, 2.45) is 4.99 Å². The highest BCUT2D eigenvalue weighted by Crippen LogP contribution is 2.11. The van der Waals surface area contributed by atoms with Gasteiger partial charge < -0.3 is 15.1 Å². The molecule has 0 aliphatic carbocycles. The van der Waals surface area contributed by atoms with Crippen LogP contribution in [0.3, 0.4) is 0 Å². The molecule has 2 rings (SSSR count). The first kappa shape index (κ1) is 9.12. The summed E-state index contributed by atoms with van der Waals surface area (Å²) in [5, 5.41) is 6.48. The molecule has 1 aromatic rings. The topological polar surface area (TPSA) is 49.6 Å². The van der Waals surface area contributed by atoms with E-state index in [4.69, 9.17) is 4.42 Å². The van der Waals surface area contributed by atoms with Gasteiger partial charge in [0.15, 0.2) is 5.96 Å². The van der Waals surface area contributed by atoms with Crippen LogP contribution in [0.1, 0.15) is 25.1 Å². The van der Waals surface area contributed by atoms with E-state index in [0.29, 0.717) is 0 Å². The standard InChI is InChI=1S/C10H15N3O/c1-8(9-4-2-7-14-9)13-10-11-5-3-6-12-10/h2,4,7-8H,3,5-6H2,1H3,(H2,11,12,13)/t8-/m0/s1. The summed E-state index contributed by atoms with van der Waals surface area (Å²) in [7, 11) is 0. The number of nitrogens with one attached hydrogen (secondary N) is 2. The number of aliphatic imine (C=N–C) groups is 1. The van der Waals surface area contributed by atoms with E-state index in [1.165, 1.54) is 0 Å². The summed E-state index contributed by atoms with van der Waals surface area (Å²) < 4.78 is 5.29. The fourth-order valence-corrected chi connectivity index (χ4v) is 1.44. The quantitative estimate of drug-likeness (QED) is 0.744. The van der Waals surface area contributed by atoms with Gasteiger partial charge in [0.25, 0.3) is 0 Å². The van der Waals surface area contributed by atoms with E-state index in [1.807, 2.05) is 12.1 Å². The van der Waals surface area contributed by atoms with Gasteiger partial charge in [-0.2, -0.15) is 0 Å². The summed E-state index contributed by atoms with van der Waals surface area (Å²) in [5.74, 6) is 1.81. The molecule has 0 fully saturated rings. The monoisotopic (exact) mass is 193 g/mol. The Morgan fingerprint density at radius 3 is 3.21 bits per heavy atom. The zero-order chi connectivity index (χ0) is 9.80. The molecule has 1 aliphatic rings. The first-order valence-corrected chi connectivity index (χ1v) is 4.94. The largest absolute Gasteiger partial charge is 0.467 e. The van der Waals surface area contributed by atoms with E-state index < -0.39 is 0 Å². The van der Waals surface area contributed by atoms with Gasteiger partial charge in [-0.15, -0.1) is 0 Å². The van der Waals surface area contributed by atoms with Crippen molar-refractivity contribution in [1.82, 2.24) is 10.6 Å². The summed E-state index contributed by atoms with van der Waals surface area (Å²) in [6, 6.07) is 4.01. The van der Waals surface area contributed by atoms with Crippen LogP contribution in [0.25, 0.3) is 0 Å². The average molecular weight is 193 g/mol. The minimum Gasteiger partial charge on any atom is -0.467 e. The predicted molar refractivity (Wildman–Crippen MR) is 55.2 cm³/mol. The van der Waals surface area contributed by atoms with Crippen LogP contribution in [0.4, 0.5) is 0 Å². The Kier molecular flexibility index (Phi) is 2.72. The molecule has 76 valence electrons. The second kappa shape index (κ2) is 4.17. The molecule has 1 aromatic heterocycles. The molecule has 0 aromatic carbocycles. The van der Waals surface area contributed by atoms with Crippen LogP contribution >= 0.6 is 0 Å². The van der Waals surface area contributed by atoms with Crippen LogP contribution in [0, 0.1) is 0 Å². The highest BCUT2D eigenvalue weighted by atomic mass is 16.3. The Morgan fingerprint density at radius 1 is 1.64 bits per heavy atom. The minimum absolute atomic E-state index is 0.161. The maximum absolute atomic E-state index is 5.29. The Balaban J connectivity index is 1.94. The first-order chi connectivity index (χ1) is 6.86. The van der Waals surface area contributed by atoms with Crippen molar-refractivity contribution in [2.75, 3.05) is 13.1 Å². The summed E-state index contributed by atoms with van der Waals surface area (Å²) in [6.07, 6.45) is 2.80. The zero-order valence-electron chi connectivity index (χ0n) is 8.29. The van der Waals surface area contributed by atoms with E-state index in [9.17, 15) is 0 Å². The van der Waals surface area contributed by atoms with Crippen LogP contribution in [0.15, 0.2) is 27.8 Å². The number of furan rings is 1. The van der Waals surface area contributed by atoms with Gasteiger partial charge in [-0.1, -0.05) is 0 Å². The predicted octanol–water partition coefficient (Wildman–Crippen LogP) is 1.28. The molecule has 4 heteroatoms. The van der Waals surface area contributed by atoms with Crippen LogP contribution in [-0.4, -0.2) is 19.0 Å². The third kappa shape index (κ3) is 2.07. The second-order valence-corrected chi connectivity index (χ2v) is 3.39. The second-order valence-electron chi connectivity index (χ2n) is 3.39. The molecular weight excluding hydrogens is 178 g/mol. The average Bonchev–Trinajstić information content (AvgIpc) is 2.72. The molecule has 4 nitrogen and oxygen atoms in total. The summed E-state index contributed by atoms with van der Waals surface area (Å²) >= 11 is 0. The van der Waals surface area contributed by atoms with Gasteiger partial charge in [0, 0.05) is 13.1 Å². The summed E-state index contributed by atoms with van der Waals surface area (Å²) in [4.78, 5) is 4.33. The van der Waals surface area contributed by atoms with Gasteiger partial charge in [-0.3, -0.25) is 4.99 Å². The SMILES string of the molecule is C[C@H](NC1=NCCCN1)c1ccco1. The smallest absolute Gasteiger partial charge is 0.191 e. The van der Waals surface area contributed by atoms with Gasteiger partial charge in [0.05, 0.1) is 12.3 Å². The highest BCUT2D eigenvalue weighted by Gasteiger charge is 2.11. The Morgan fingerprint density at radius 2 is 2.57 bits per heavy atom. The van der Waals surface area contributed by atoms with Crippen LogP contribution in [0.2, 0.25) is 0 Å². The van der Waals surface area contributed by atoms with Crippen LogP contribution < -0.4 is 10.6 Å². The molecule has 2 N–H and O–H groups in total. The first-order valence-electron chi connectivity index (χ1n) is 4.94. The van der Waals surface area contributed by atoms with Gasteiger partial charge in [-0.25, -0.2) is 0 Å². The number of hydrogen-bond donors (Lipinski definition) is 2. The normalized spacial score (nSPS) is 18.2. The van der Waals surface area contributed by atoms with Gasteiger partial charge in [0.2, 0.25) is 0 Å². The maximum atomic E-state index is 5.29. The molecule has 14 heavy (non-hydrogen) atoms. The van der Waals surface area contributed by atoms with E-state index in [-0.39, 0.29) is 6.04 Å². The lowest BCUT2D eigenvalue weighted by Gasteiger charge is -2.19. The van der Waals surface area contributed by atoms with Crippen molar-refractivity contribution in [3.63, 3.8) is 0 Å². The van der Waals surface area contributed by atoms with E-state index in [1.54, 1.807) is 6.26 Å². The van der Waals surface area contributed by atoms with Crippen LogP contribution in [0.5, 0.6) is 0 Å². The Bertz CT molecular complexity index is 305. The third-order valence-corrected chi connectivity index (χ3v) is 2.22. The Labute approximate surface area is 83.4 Å². The van der Waals surface area contributed by atoms with Crippen molar-refractivity contribution in [3.05, 3.63) is 24.2 Å². The molecule has 1 aliphatic heterocycles. The molecule has 0 saturated heterocycles. The molecule has 1 atom stereocenters. The van der Waals surface area contributed by atoms with E-state index in [2.05, 4.69) is 22.5 Å². The molecule has 0 amide bonds. The molecule has 0 spiro atoms. The number of hydrogen-bond acceptors (Lipinski definition) is 4. The molecular formula is C10H15N3O. The highest BCUT2D eigenvalue weighted by molar-refractivity contribution is 5.80. The maximum Gasteiger partial charge on any atom is 0.191 e. The third-order valence-electron chi connectivity index (χ3n) is 2.22. The van der Waals surface area contributed by atoms with Crippen molar-refractivity contribution in [2.45, 2.75) is 19.4 Å². The fraction of sp³-hybridized carbons (Fsp3) is 0.500. The number of rotatable bonds is 2. The molecule has 0 bridgehead atoms. The molecule has 0 unspecified atom stereocenters. The van der Waals surface area contributed by atoms with Crippen molar-refractivity contribution in [1.29, 1.82) is 0 Å². The zero-order valence-corrected chi connectivity index (χ0v) is 8.29. The van der Waals surface area contributed by atoms with Crippen molar-refractivity contribution >= 4 is 5.96 Å². The molecule has 0 saturated carbocycles. The summed E-state index contributed by atoms with van der Waals surface area (Å²) in [6.45, 7) is 3.95. The number of nitrogens with zero attached hydrogens (tertiary/aromatic N) is 1.